The van der Waals surface area contributed by atoms with E-state index >= 15 is 0 Å². The molecule has 3 atom stereocenters. The highest BCUT2D eigenvalue weighted by molar-refractivity contribution is 6.60. The number of hydrogen-bond donors (Lipinski definition) is 2. The summed E-state index contributed by atoms with van der Waals surface area (Å²) in [5, 5.41) is 6.00. The van der Waals surface area contributed by atoms with Crippen LogP contribution in [0.1, 0.15) is 126 Å². The van der Waals surface area contributed by atoms with Crippen molar-refractivity contribution in [1.29, 1.82) is 0 Å². The van der Waals surface area contributed by atoms with Gasteiger partial charge in [-0.2, -0.15) is 0 Å². The van der Waals surface area contributed by atoms with Gasteiger partial charge in [0.1, 0.15) is 6.10 Å². The van der Waals surface area contributed by atoms with Gasteiger partial charge in [-0.1, -0.05) is 40.5 Å². The van der Waals surface area contributed by atoms with Crippen LogP contribution in [-0.2, 0) is 27.6 Å². The Morgan fingerprint density at radius 2 is 1.53 bits per heavy atom. The molecule has 1 aliphatic rings. The fraction of sp³-hybridized carbons (Fsp3) is 0.906. The van der Waals surface area contributed by atoms with Gasteiger partial charge in [-0.25, -0.2) is 14.6 Å². The molecule has 43 heavy (non-hydrogen) atoms. The molecule has 0 aromatic carbocycles. The number of unbranched alkanes of at least 4 members (excludes halogenated alkanes) is 3. The first-order valence-corrected chi connectivity index (χ1v) is 18.6. The van der Waals surface area contributed by atoms with E-state index in [-0.39, 0.29) is 28.9 Å². The Hall–Kier alpha value is -1.78. The first kappa shape index (κ1) is 39.2. The highest BCUT2D eigenvalue weighted by Crippen LogP contribution is 2.46. The van der Waals surface area contributed by atoms with Crippen LogP contribution >= 0.6 is 0 Å². The number of nitrogens with one attached hydrogen (secondary N) is 2. The minimum Gasteiger partial charge on any atom is -0.446 e. The monoisotopic (exact) mass is 627 g/mol. The Labute approximate surface area is 262 Å². The van der Waals surface area contributed by atoms with E-state index in [1.165, 1.54) is 0 Å². The van der Waals surface area contributed by atoms with Gasteiger partial charge < -0.3 is 28.6 Å². The summed E-state index contributed by atoms with van der Waals surface area (Å²) in [6.07, 6.45) is 11.1. The zero-order chi connectivity index (χ0) is 32.2. The molecule has 0 aromatic heterocycles. The number of isocyanates is 1. The molecule has 2 amide bonds. The predicted molar refractivity (Wildman–Crippen MR) is 172 cm³/mol. The lowest BCUT2D eigenvalue weighted by Crippen LogP contribution is -2.46. The fourth-order valence-corrected chi connectivity index (χ4v) is 9.13. The molecule has 0 saturated heterocycles. The minimum absolute atomic E-state index is 0.0264. The summed E-state index contributed by atoms with van der Waals surface area (Å²) in [6.45, 7) is 17.1. The Kier molecular flexibility index (Phi) is 19.2. The summed E-state index contributed by atoms with van der Waals surface area (Å²) >= 11 is 0. The predicted octanol–water partition coefficient (Wildman–Crippen LogP) is 6.70. The van der Waals surface area contributed by atoms with Crippen molar-refractivity contribution in [1.82, 2.24) is 10.6 Å². The maximum Gasteiger partial charge on any atom is 0.500 e. The Morgan fingerprint density at radius 3 is 2.12 bits per heavy atom. The molecule has 0 bridgehead atoms. The molecule has 0 aliphatic heterocycles. The second kappa shape index (κ2) is 21.0. The molecule has 1 aliphatic carbocycles. The summed E-state index contributed by atoms with van der Waals surface area (Å²) in [7, 11) is -2.69. The molecular formula is C32H61N3O7Si. The van der Waals surface area contributed by atoms with E-state index in [4.69, 9.17) is 18.0 Å². The summed E-state index contributed by atoms with van der Waals surface area (Å²) < 4.78 is 23.5. The van der Waals surface area contributed by atoms with E-state index in [2.05, 4.69) is 43.3 Å². The molecule has 1 rings (SSSR count). The van der Waals surface area contributed by atoms with Crippen LogP contribution in [0.2, 0.25) is 6.04 Å². The molecule has 0 heterocycles. The number of nitrogens with zero attached hydrogens (tertiary/aromatic N) is 1. The van der Waals surface area contributed by atoms with Gasteiger partial charge in [0.2, 0.25) is 12.0 Å². The fourth-order valence-electron chi connectivity index (χ4n) is 6.52. The molecule has 1 fully saturated rings. The normalized spacial score (nSPS) is 20.6. The molecule has 11 heteroatoms. The van der Waals surface area contributed by atoms with Crippen molar-refractivity contribution in [3.63, 3.8) is 0 Å². The molecule has 2 N–H and O–H groups in total. The van der Waals surface area contributed by atoms with Crippen LogP contribution in [0.3, 0.4) is 0 Å². The number of ether oxygens (including phenoxy) is 1. The number of amides is 2. The third-order valence-electron chi connectivity index (χ3n) is 7.97. The Bertz CT molecular complexity index is 836. The Morgan fingerprint density at radius 1 is 0.907 bits per heavy atom. The number of rotatable bonds is 23. The van der Waals surface area contributed by atoms with Gasteiger partial charge in [-0.05, 0) is 89.4 Å². The average Bonchev–Trinajstić information content (AvgIpc) is 2.92. The zero-order valence-corrected chi connectivity index (χ0v) is 29.2. The van der Waals surface area contributed by atoms with Gasteiger partial charge in [0.15, 0.2) is 0 Å². The molecule has 0 spiro atoms. The van der Waals surface area contributed by atoms with E-state index in [0.717, 1.165) is 70.6 Å². The maximum atomic E-state index is 12.8. The number of hydrogen-bond acceptors (Lipinski definition) is 8. The molecule has 250 valence electrons. The van der Waals surface area contributed by atoms with Gasteiger partial charge in [-0.15, -0.1) is 0 Å². The standard InChI is InChI=1S/C32H61N3O7Si/c1-8-12-13-17-28(42-30(38)34-25-32(7)23-27(35-26-36)22-31(5,6)24-32)18-14-15-19-29(37)33-20-16-21-43(39-9-2,40-10-3)41-11-4/h27-28H,8-25H2,1-7H3,(H,33,37)(H,34,38). The van der Waals surface area contributed by atoms with E-state index < -0.39 is 14.9 Å². The number of alkyl carbamates (subject to hydrolysis) is 1. The lowest BCUT2D eigenvalue weighted by atomic mass is 9.63. The molecule has 1 saturated carbocycles. The average molecular weight is 628 g/mol. The van der Waals surface area contributed by atoms with Crippen LogP contribution in [0, 0.1) is 10.8 Å². The zero-order valence-electron chi connectivity index (χ0n) is 28.2. The topological polar surface area (TPSA) is 125 Å². The molecule has 10 nitrogen and oxygen atoms in total. The SMILES string of the molecule is CCCCCC(CCCCC(=O)NCCC[Si](OCC)(OCC)OCC)OC(=O)NCC1(C)CC(N=C=O)CC(C)(C)C1. The lowest BCUT2D eigenvalue weighted by Gasteiger charge is -2.45. The third-order valence-corrected chi connectivity index (χ3v) is 11.1. The second-order valence-corrected chi connectivity index (χ2v) is 15.7. The van der Waals surface area contributed by atoms with Gasteiger partial charge in [0.05, 0.1) is 6.04 Å². The van der Waals surface area contributed by atoms with Gasteiger partial charge in [0, 0.05) is 45.4 Å². The van der Waals surface area contributed by atoms with Gasteiger partial charge in [0.25, 0.3) is 0 Å². The van der Waals surface area contributed by atoms with E-state index in [0.29, 0.717) is 45.4 Å². The van der Waals surface area contributed by atoms with Crippen LogP contribution in [0.25, 0.3) is 0 Å². The van der Waals surface area contributed by atoms with Crippen molar-refractivity contribution in [2.45, 2.75) is 144 Å². The summed E-state index contributed by atoms with van der Waals surface area (Å²) in [5.41, 5.74) is -0.142. The minimum atomic E-state index is -2.69. The van der Waals surface area contributed by atoms with Crippen molar-refractivity contribution >= 4 is 26.9 Å². The van der Waals surface area contributed by atoms with E-state index in [1.54, 1.807) is 6.08 Å². The Balaban J connectivity index is 2.48. The summed E-state index contributed by atoms with van der Waals surface area (Å²) in [4.78, 5) is 40.1. The van der Waals surface area contributed by atoms with Crippen LogP contribution in [0.15, 0.2) is 4.99 Å². The van der Waals surface area contributed by atoms with Crippen LogP contribution in [-0.4, -0.2) is 71.9 Å². The first-order valence-electron chi connectivity index (χ1n) is 16.7. The highest BCUT2D eigenvalue weighted by Gasteiger charge is 2.42. The maximum absolute atomic E-state index is 12.8. The molecule has 0 radical (unpaired) electrons. The number of carbonyl (C=O) groups excluding carboxylic acids is 3. The van der Waals surface area contributed by atoms with E-state index in [1.807, 2.05) is 20.8 Å². The highest BCUT2D eigenvalue weighted by atomic mass is 28.4. The van der Waals surface area contributed by atoms with Crippen LogP contribution in [0.4, 0.5) is 4.79 Å². The smallest absolute Gasteiger partial charge is 0.446 e. The second-order valence-electron chi connectivity index (χ2n) is 13.0. The number of carbonyl (C=O) groups is 2. The lowest BCUT2D eigenvalue weighted by molar-refractivity contribution is -0.121. The van der Waals surface area contributed by atoms with Crippen molar-refractivity contribution in [3.8, 4) is 0 Å². The van der Waals surface area contributed by atoms with Crippen molar-refractivity contribution in [3.05, 3.63) is 0 Å². The van der Waals surface area contributed by atoms with Gasteiger partial charge in [-0.3, -0.25) is 4.79 Å². The van der Waals surface area contributed by atoms with Crippen LogP contribution in [0.5, 0.6) is 0 Å². The summed E-state index contributed by atoms with van der Waals surface area (Å²) in [5.74, 6) is 0.0264. The largest absolute Gasteiger partial charge is 0.500 e. The summed E-state index contributed by atoms with van der Waals surface area (Å²) in [6, 6.07) is 0.602. The van der Waals surface area contributed by atoms with Crippen molar-refractivity contribution in [2.75, 3.05) is 32.9 Å². The first-order chi connectivity index (χ1) is 20.5. The van der Waals surface area contributed by atoms with Gasteiger partial charge >= 0.3 is 14.9 Å². The van der Waals surface area contributed by atoms with Crippen molar-refractivity contribution < 1.29 is 32.4 Å². The molecule has 3 unspecified atom stereocenters. The third kappa shape index (κ3) is 16.8. The number of aliphatic imine (C=N–C) groups is 1. The van der Waals surface area contributed by atoms with Crippen molar-refractivity contribution in [2.24, 2.45) is 15.8 Å². The van der Waals surface area contributed by atoms with Crippen LogP contribution < -0.4 is 10.6 Å². The quantitative estimate of drug-likeness (QED) is 0.0559. The van der Waals surface area contributed by atoms with E-state index in [9.17, 15) is 14.4 Å². The molecular weight excluding hydrogens is 566 g/mol. The molecule has 0 aromatic rings.